The standard InChI is InChI=1S/C17H30N4O8.Ga/c1-29-17(28)13-21-8-6-19(11-15(24)25)4-2-18(10-14(22)23)3-5-20(7-9-21)12-16(26)27;/h2-13H2,1H3,(H,22,23)(H,24,25)(H,26,27);. The fraction of sp³-hybridized carbons (Fsp3) is 0.765. The molecule has 0 aromatic carbocycles. The average molecular weight is 488 g/mol. The van der Waals surface area contributed by atoms with Crippen molar-refractivity contribution >= 4 is 43.7 Å². The van der Waals surface area contributed by atoms with Crippen molar-refractivity contribution in [2.75, 3.05) is 85.6 Å². The summed E-state index contributed by atoms with van der Waals surface area (Å²) in [5, 5.41) is 27.4. The molecule has 0 amide bonds. The maximum atomic E-state index is 11.7. The van der Waals surface area contributed by atoms with E-state index in [0.717, 1.165) is 0 Å². The van der Waals surface area contributed by atoms with Crippen LogP contribution >= 0.6 is 0 Å². The second kappa shape index (κ2) is 15.2. The zero-order valence-electron chi connectivity index (χ0n) is 17.2. The number of carboxylic acid groups (broad SMARTS) is 3. The number of hydrogen-bond donors (Lipinski definition) is 3. The molecule has 1 heterocycles. The minimum Gasteiger partial charge on any atom is -0.480 e. The van der Waals surface area contributed by atoms with Crippen LogP contribution in [-0.2, 0) is 23.9 Å². The molecule has 0 unspecified atom stereocenters. The number of aliphatic carboxylic acids is 3. The summed E-state index contributed by atoms with van der Waals surface area (Å²) in [6.45, 7) is 2.26. The first-order valence-electron chi connectivity index (χ1n) is 9.31. The van der Waals surface area contributed by atoms with Gasteiger partial charge in [-0.1, -0.05) is 0 Å². The van der Waals surface area contributed by atoms with Gasteiger partial charge in [-0.25, -0.2) is 0 Å². The third kappa shape index (κ3) is 12.8. The van der Waals surface area contributed by atoms with Gasteiger partial charge in [-0.05, 0) is 0 Å². The number of hydrogen-bond acceptors (Lipinski definition) is 9. The number of esters is 1. The fourth-order valence-corrected chi connectivity index (χ4v) is 3.03. The summed E-state index contributed by atoms with van der Waals surface area (Å²) in [5.41, 5.74) is 0. The Kier molecular flexibility index (Phi) is 14.4. The minimum atomic E-state index is -1.00. The Balaban J connectivity index is 0.00000841. The quantitative estimate of drug-likeness (QED) is 0.240. The molecule has 0 atom stereocenters. The molecule has 0 saturated carbocycles. The van der Waals surface area contributed by atoms with Crippen LogP contribution in [-0.4, -0.2) is 164 Å². The molecule has 1 saturated heterocycles. The Bertz CT molecular complexity index is 548. The first-order chi connectivity index (χ1) is 13.7. The molecule has 0 aromatic heterocycles. The van der Waals surface area contributed by atoms with Crippen LogP contribution in [0.5, 0.6) is 0 Å². The normalized spacial score (nSPS) is 18.4. The Labute approximate surface area is 188 Å². The molecule has 1 aliphatic rings. The molecule has 1 rings (SSSR count). The molecular formula is C17H30GaN4O8. The summed E-state index contributed by atoms with van der Waals surface area (Å²) in [6.07, 6.45) is 0. The molecule has 0 aromatic rings. The first kappa shape index (κ1) is 28.4. The number of carboxylic acids is 3. The monoisotopic (exact) mass is 487 g/mol. The molecule has 0 aliphatic carbocycles. The van der Waals surface area contributed by atoms with Crippen molar-refractivity contribution in [2.45, 2.75) is 0 Å². The molecule has 169 valence electrons. The van der Waals surface area contributed by atoms with Crippen LogP contribution in [0.3, 0.4) is 0 Å². The van der Waals surface area contributed by atoms with Crippen LogP contribution < -0.4 is 0 Å². The predicted octanol–water partition coefficient (Wildman–Crippen LogP) is -2.75. The van der Waals surface area contributed by atoms with Crippen molar-refractivity contribution in [3.05, 3.63) is 0 Å². The van der Waals surface area contributed by atoms with Crippen LogP contribution in [0.15, 0.2) is 0 Å². The SMILES string of the molecule is COC(=O)CN1CCN(CC(=O)O)CCN(CC(=O)O)CCN(CC(=O)O)CC1.[Ga]. The Hall–Kier alpha value is -1.64. The van der Waals surface area contributed by atoms with Crippen molar-refractivity contribution in [1.82, 2.24) is 19.6 Å². The molecule has 12 nitrogen and oxygen atoms in total. The summed E-state index contributed by atoms with van der Waals surface area (Å²) in [4.78, 5) is 52.0. The maximum Gasteiger partial charge on any atom is 0.319 e. The summed E-state index contributed by atoms with van der Waals surface area (Å²) in [7, 11) is 1.28. The van der Waals surface area contributed by atoms with Gasteiger partial charge in [0.2, 0.25) is 0 Å². The second-order valence-corrected chi connectivity index (χ2v) is 6.86. The number of ether oxygens (including phenoxy) is 1. The van der Waals surface area contributed by atoms with Gasteiger partial charge in [0.25, 0.3) is 0 Å². The van der Waals surface area contributed by atoms with E-state index in [9.17, 15) is 19.2 Å². The van der Waals surface area contributed by atoms with Gasteiger partial charge in [0.15, 0.2) is 0 Å². The van der Waals surface area contributed by atoms with Gasteiger partial charge in [-0.3, -0.25) is 38.8 Å². The smallest absolute Gasteiger partial charge is 0.319 e. The molecule has 0 spiro atoms. The third-order valence-corrected chi connectivity index (χ3v) is 4.59. The van der Waals surface area contributed by atoms with Gasteiger partial charge >= 0.3 is 23.9 Å². The number of rotatable bonds is 8. The summed E-state index contributed by atoms with van der Waals surface area (Å²) < 4.78 is 4.70. The van der Waals surface area contributed by atoms with E-state index in [4.69, 9.17) is 20.1 Å². The number of carbonyl (C=O) groups is 4. The molecule has 3 radical (unpaired) electrons. The van der Waals surface area contributed by atoms with E-state index in [-0.39, 0.29) is 46.0 Å². The molecule has 0 bridgehead atoms. The molecular weight excluding hydrogens is 458 g/mol. The number of methoxy groups -OCH3 is 1. The molecule has 1 fully saturated rings. The van der Waals surface area contributed by atoms with Crippen LogP contribution in [0.1, 0.15) is 0 Å². The van der Waals surface area contributed by atoms with Crippen LogP contribution in [0.4, 0.5) is 0 Å². The van der Waals surface area contributed by atoms with Crippen LogP contribution in [0, 0.1) is 0 Å². The molecule has 13 heteroatoms. The zero-order chi connectivity index (χ0) is 21.8. The van der Waals surface area contributed by atoms with Gasteiger partial charge < -0.3 is 20.1 Å². The van der Waals surface area contributed by atoms with Gasteiger partial charge in [0.1, 0.15) is 0 Å². The van der Waals surface area contributed by atoms with E-state index in [1.807, 2.05) is 0 Å². The van der Waals surface area contributed by atoms with Crippen molar-refractivity contribution in [1.29, 1.82) is 0 Å². The van der Waals surface area contributed by atoms with Crippen molar-refractivity contribution < 1.29 is 39.2 Å². The van der Waals surface area contributed by atoms with E-state index in [0.29, 0.717) is 52.4 Å². The van der Waals surface area contributed by atoms with E-state index in [1.54, 1.807) is 19.6 Å². The molecule has 3 N–H and O–H groups in total. The van der Waals surface area contributed by atoms with Crippen molar-refractivity contribution in [3.8, 4) is 0 Å². The van der Waals surface area contributed by atoms with Gasteiger partial charge in [-0.15, -0.1) is 0 Å². The fourth-order valence-electron chi connectivity index (χ4n) is 3.03. The summed E-state index contributed by atoms with van der Waals surface area (Å²) in [6, 6.07) is 0. The zero-order valence-corrected chi connectivity index (χ0v) is 19.7. The van der Waals surface area contributed by atoms with Crippen molar-refractivity contribution in [3.63, 3.8) is 0 Å². The van der Waals surface area contributed by atoms with E-state index in [1.165, 1.54) is 7.11 Å². The van der Waals surface area contributed by atoms with E-state index >= 15 is 0 Å². The third-order valence-electron chi connectivity index (χ3n) is 4.59. The summed E-state index contributed by atoms with van der Waals surface area (Å²) >= 11 is 0. The summed E-state index contributed by atoms with van der Waals surface area (Å²) in [5.74, 6) is -3.42. The van der Waals surface area contributed by atoms with Gasteiger partial charge in [0, 0.05) is 72.1 Å². The maximum absolute atomic E-state index is 11.7. The minimum absolute atomic E-state index is 0. The van der Waals surface area contributed by atoms with Gasteiger partial charge in [-0.2, -0.15) is 0 Å². The van der Waals surface area contributed by atoms with Crippen molar-refractivity contribution in [2.24, 2.45) is 0 Å². The number of carbonyl (C=O) groups excluding carboxylic acids is 1. The van der Waals surface area contributed by atoms with Crippen LogP contribution in [0.25, 0.3) is 0 Å². The van der Waals surface area contributed by atoms with E-state index < -0.39 is 23.9 Å². The topological polar surface area (TPSA) is 151 Å². The Morgan fingerprint density at radius 3 is 1.03 bits per heavy atom. The Morgan fingerprint density at radius 2 is 0.833 bits per heavy atom. The number of nitrogens with zero attached hydrogens (tertiary/aromatic N) is 4. The second-order valence-electron chi connectivity index (χ2n) is 6.86. The van der Waals surface area contributed by atoms with Crippen LogP contribution in [0.2, 0.25) is 0 Å². The Morgan fingerprint density at radius 1 is 0.600 bits per heavy atom. The van der Waals surface area contributed by atoms with E-state index in [2.05, 4.69) is 0 Å². The molecule has 1 aliphatic heterocycles. The first-order valence-corrected chi connectivity index (χ1v) is 9.31. The average Bonchev–Trinajstić information content (AvgIpc) is 2.62. The predicted molar refractivity (Wildman–Crippen MR) is 106 cm³/mol. The van der Waals surface area contributed by atoms with Gasteiger partial charge in [0.05, 0.1) is 33.3 Å². The largest absolute Gasteiger partial charge is 0.480 e. The molecule has 30 heavy (non-hydrogen) atoms.